The normalized spacial score (nSPS) is 4.40. The zero-order valence-corrected chi connectivity index (χ0v) is 5.86. The Bertz CT molecular complexity index is 7.61. The molecular weight excluding hydrogens is 294 g/mol. The smallest absolute Gasteiger partial charge is 0.826 e. The second-order valence-electron chi connectivity index (χ2n) is 0.0452. The van der Waals surface area contributed by atoms with Crippen LogP contribution in [-0.2, 0) is 16.5 Å². The maximum Gasteiger partial charge on any atom is -0.826 e. The molecule has 0 saturated carbocycles. The van der Waals surface area contributed by atoms with Gasteiger partial charge in [0.15, 0.2) is 0 Å². The SMILES string of the molecule is [Cl][Pt+2][Cl].[NH-].[NH-]. The van der Waals surface area contributed by atoms with Crippen molar-refractivity contribution in [1.29, 1.82) is 0 Å². The Morgan fingerprint density at radius 1 is 1.00 bits per heavy atom. The maximum atomic E-state index is 4.88. The van der Waals surface area contributed by atoms with Gasteiger partial charge in [0, 0.05) is 0 Å². The van der Waals surface area contributed by atoms with Gasteiger partial charge in [-0.15, -0.1) is 0 Å². The summed E-state index contributed by atoms with van der Waals surface area (Å²) >= 11 is -0.472. The molecule has 2 nitrogen and oxygen atoms in total. The third kappa shape index (κ3) is 37.3. The van der Waals surface area contributed by atoms with Gasteiger partial charge < -0.3 is 12.3 Å². The topological polar surface area (TPSA) is 64.0 Å². The number of hydrogen-bond donors (Lipinski definition) is 0. The molecule has 0 rings (SSSR count). The molecule has 2 radical (unpaired) electrons. The quantitative estimate of drug-likeness (QED) is 0.659. The van der Waals surface area contributed by atoms with E-state index in [0.717, 1.165) is 0 Å². The fraction of sp³-hybridized carbons (Fsp3) is 0. The number of nitrogens with one attached hydrogen (secondary N) is 2. The first-order valence-electron chi connectivity index (χ1n) is 0.239. The molecule has 0 amide bonds. The van der Waals surface area contributed by atoms with Crippen LogP contribution in [0.5, 0.6) is 0 Å². The largest absolute Gasteiger partial charge is 0.826 e. The fourth-order valence-electron chi connectivity index (χ4n) is 0. The molecule has 0 heterocycles. The van der Waals surface area contributed by atoms with E-state index in [-0.39, 0.29) is 12.3 Å². The standard InChI is InChI=1S/2ClH.2HN.Pt/h4*1H;/q;;2*-1;+4/p-2. The minimum atomic E-state index is -0.472. The Morgan fingerprint density at radius 3 is 1.00 bits per heavy atom. The summed E-state index contributed by atoms with van der Waals surface area (Å²) in [4.78, 5) is 0. The average molecular weight is 296 g/mol. The van der Waals surface area contributed by atoms with Crippen molar-refractivity contribution in [2.45, 2.75) is 0 Å². The zero-order chi connectivity index (χ0) is 2.71. The second kappa shape index (κ2) is 19.0. The molecule has 0 unspecified atom stereocenters. The summed E-state index contributed by atoms with van der Waals surface area (Å²) in [5, 5.41) is 0. The Labute approximate surface area is 47.8 Å². The minimum absolute atomic E-state index is 0. The van der Waals surface area contributed by atoms with Crippen LogP contribution in [0.2, 0.25) is 0 Å². The third-order valence-corrected chi connectivity index (χ3v) is 0. The molecule has 0 aromatic rings. The molecule has 0 aromatic carbocycles. The first-order chi connectivity index (χ1) is 1.41. The van der Waals surface area contributed by atoms with Crippen molar-refractivity contribution >= 4 is 18.8 Å². The molecule has 0 spiro atoms. The molecule has 0 aromatic heterocycles. The minimum Gasteiger partial charge on any atom is -0.826 e. The van der Waals surface area contributed by atoms with E-state index >= 15 is 0 Å². The predicted octanol–water partition coefficient (Wildman–Crippen LogP) is 2.38. The van der Waals surface area contributed by atoms with E-state index in [2.05, 4.69) is 0 Å². The van der Waals surface area contributed by atoms with Gasteiger partial charge in [-0.2, -0.15) is 0 Å². The zero-order valence-electron chi connectivity index (χ0n) is 2.07. The molecule has 5 heavy (non-hydrogen) atoms. The van der Waals surface area contributed by atoms with E-state index in [1.54, 1.807) is 0 Å². The Morgan fingerprint density at radius 2 is 1.00 bits per heavy atom. The molecule has 0 atom stereocenters. The summed E-state index contributed by atoms with van der Waals surface area (Å²) in [5.41, 5.74) is 0. The van der Waals surface area contributed by atoms with Crippen molar-refractivity contribution in [3.63, 3.8) is 0 Å². The fourth-order valence-corrected chi connectivity index (χ4v) is 0. The molecule has 0 aliphatic carbocycles. The van der Waals surface area contributed by atoms with E-state index < -0.39 is 16.5 Å². The van der Waals surface area contributed by atoms with Gasteiger partial charge in [-0.25, -0.2) is 0 Å². The van der Waals surface area contributed by atoms with Crippen molar-refractivity contribution in [2.75, 3.05) is 0 Å². The summed E-state index contributed by atoms with van der Waals surface area (Å²) in [6, 6.07) is 0. The van der Waals surface area contributed by atoms with Crippen LogP contribution in [-0.4, -0.2) is 0 Å². The summed E-state index contributed by atoms with van der Waals surface area (Å²) < 4.78 is 0. The van der Waals surface area contributed by atoms with Gasteiger partial charge in [0.05, 0.1) is 0 Å². The van der Waals surface area contributed by atoms with Gasteiger partial charge in [-0.05, 0) is 0 Å². The first-order valence-corrected chi connectivity index (χ1v) is 5.87. The molecule has 0 aliphatic rings. The Hall–Kier alpha value is 1.19. The van der Waals surface area contributed by atoms with Crippen LogP contribution in [0.4, 0.5) is 0 Å². The van der Waals surface area contributed by atoms with Gasteiger partial charge in [0.1, 0.15) is 0 Å². The van der Waals surface area contributed by atoms with Crippen molar-refractivity contribution in [2.24, 2.45) is 0 Å². The van der Waals surface area contributed by atoms with Crippen LogP contribution in [0.25, 0.3) is 12.3 Å². The third-order valence-electron chi connectivity index (χ3n) is 0. The molecule has 0 aliphatic heterocycles. The van der Waals surface area contributed by atoms with Crippen LogP contribution in [0.1, 0.15) is 0 Å². The molecule has 2 N–H and O–H groups in total. The van der Waals surface area contributed by atoms with Gasteiger partial charge in [0.2, 0.25) is 0 Å². The van der Waals surface area contributed by atoms with Crippen molar-refractivity contribution in [3.05, 3.63) is 12.3 Å². The van der Waals surface area contributed by atoms with Crippen molar-refractivity contribution in [1.82, 2.24) is 0 Å². The number of rotatable bonds is 0. The monoisotopic (exact) mass is 295 g/mol. The van der Waals surface area contributed by atoms with Crippen molar-refractivity contribution in [3.8, 4) is 0 Å². The maximum absolute atomic E-state index is 4.88. The van der Waals surface area contributed by atoms with Crippen LogP contribution in [0.3, 0.4) is 0 Å². The Balaban J connectivity index is -0.0000000200. The molecular formula is H2Cl2N2Pt. The number of hydrogen-bond acceptors (Lipinski definition) is 0. The molecule has 5 heteroatoms. The van der Waals surface area contributed by atoms with Gasteiger partial charge in [-0.3, -0.25) is 0 Å². The average Bonchev–Trinajstić information content (AvgIpc) is 0.918. The van der Waals surface area contributed by atoms with Gasteiger partial charge in [0.25, 0.3) is 0 Å². The second-order valence-corrected chi connectivity index (χ2v) is 3.33. The van der Waals surface area contributed by atoms with E-state index in [4.69, 9.17) is 18.8 Å². The molecule has 0 fully saturated rings. The van der Waals surface area contributed by atoms with Crippen LogP contribution in [0.15, 0.2) is 0 Å². The van der Waals surface area contributed by atoms with Crippen molar-refractivity contribution < 1.29 is 16.5 Å². The van der Waals surface area contributed by atoms with E-state index in [1.165, 1.54) is 0 Å². The Kier molecular flexibility index (Phi) is 62.3. The first kappa shape index (κ1) is 16.4. The van der Waals surface area contributed by atoms with E-state index in [0.29, 0.717) is 0 Å². The number of halogens is 2. The van der Waals surface area contributed by atoms with E-state index in [9.17, 15) is 0 Å². The predicted molar refractivity (Wildman–Crippen MR) is 20.3 cm³/mol. The molecule has 0 bridgehead atoms. The summed E-state index contributed by atoms with van der Waals surface area (Å²) in [6.07, 6.45) is 0. The van der Waals surface area contributed by atoms with E-state index in [1.807, 2.05) is 0 Å². The van der Waals surface area contributed by atoms with Crippen LogP contribution in [0, 0.1) is 0 Å². The van der Waals surface area contributed by atoms with Gasteiger partial charge >= 0.3 is 35.3 Å². The van der Waals surface area contributed by atoms with Gasteiger partial charge in [-0.1, -0.05) is 0 Å². The summed E-state index contributed by atoms with van der Waals surface area (Å²) in [7, 11) is 9.75. The summed E-state index contributed by atoms with van der Waals surface area (Å²) in [5.74, 6) is 0. The van der Waals surface area contributed by atoms with Crippen LogP contribution >= 0.6 is 18.8 Å². The molecule has 36 valence electrons. The molecule has 0 saturated heterocycles. The van der Waals surface area contributed by atoms with Crippen LogP contribution < -0.4 is 0 Å². The summed E-state index contributed by atoms with van der Waals surface area (Å²) in [6.45, 7) is 0.